The summed E-state index contributed by atoms with van der Waals surface area (Å²) in [6.45, 7) is 5.72. The van der Waals surface area contributed by atoms with Crippen LogP contribution in [0, 0.1) is 48.4 Å². The predicted octanol–water partition coefficient (Wildman–Crippen LogP) is 3.25. The van der Waals surface area contributed by atoms with Crippen LogP contribution in [0.4, 0.5) is 0 Å². The molecule has 0 unspecified atom stereocenters. The molecular formula is C33H29Cl2IO8S2. The van der Waals surface area contributed by atoms with Gasteiger partial charge in [0.05, 0.1) is 0 Å². The quantitative estimate of drug-likeness (QED) is 0.183. The van der Waals surface area contributed by atoms with Gasteiger partial charge in [0, 0.05) is 0 Å². The van der Waals surface area contributed by atoms with Gasteiger partial charge >= 0.3 is 237 Å². The first-order valence-corrected chi connectivity index (χ1v) is 21.5. The van der Waals surface area contributed by atoms with E-state index in [-0.39, 0.29) is 0 Å². The Labute approximate surface area is 285 Å². The van der Waals surface area contributed by atoms with Crippen LogP contribution in [0.1, 0.15) is 16.7 Å². The fourth-order valence-corrected chi connectivity index (χ4v) is 16.1. The van der Waals surface area contributed by atoms with Gasteiger partial charge in [-0.1, -0.05) is 36.4 Å². The molecule has 0 aromatic heterocycles. The molecule has 0 N–H and O–H groups in total. The molecule has 0 amide bonds. The molecule has 5 rings (SSSR count). The van der Waals surface area contributed by atoms with Crippen LogP contribution in [0.3, 0.4) is 0 Å². The third-order valence-corrected chi connectivity index (χ3v) is 18.8. The van der Waals surface area contributed by atoms with Crippen molar-refractivity contribution >= 4 is 42.3 Å². The topological polar surface area (TPSA) is 157 Å². The Morgan fingerprint density at radius 3 is 1.43 bits per heavy atom. The first-order chi connectivity index (χ1) is 21.7. The van der Waals surface area contributed by atoms with Gasteiger partial charge in [0.1, 0.15) is 0 Å². The van der Waals surface area contributed by atoms with Gasteiger partial charge in [-0.15, -0.1) is 0 Å². The Bertz CT molecular complexity index is 1700. The van der Waals surface area contributed by atoms with Gasteiger partial charge in [-0.05, 0) is 0 Å². The van der Waals surface area contributed by atoms with Gasteiger partial charge < -0.3 is 0 Å². The minimum absolute atomic E-state index is 0.519. The van der Waals surface area contributed by atoms with Crippen molar-refractivity contribution in [3.05, 3.63) is 145 Å². The zero-order chi connectivity index (χ0) is 33.1. The van der Waals surface area contributed by atoms with E-state index in [1.54, 1.807) is 84.9 Å². The molecule has 5 aromatic rings. The van der Waals surface area contributed by atoms with Crippen LogP contribution in [-0.2, 0) is 6.35 Å². The number of benzene rings is 5. The van der Waals surface area contributed by atoms with Gasteiger partial charge in [0.2, 0.25) is 0 Å². The predicted molar refractivity (Wildman–Crippen MR) is 167 cm³/mol. The van der Waals surface area contributed by atoms with E-state index < -0.39 is 51.0 Å². The summed E-state index contributed by atoms with van der Waals surface area (Å²) in [6.07, 6.45) is 0. The zero-order valence-electron chi connectivity index (χ0n) is 24.8. The second kappa shape index (κ2) is 14.5. The second-order valence-corrected chi connectivity index (χ2v) is 20.6. The summed E-state index contributed by atoms with van der Waals surface area (Å²) >= 11 is -1.69. The van der Waals surface area contributed by atoms with Crippen molar-refractivity contribution in [2.75, 3.05) is 0 Å². The van der Waals surface area contributed by atoms with Crippen molar-refractivity contribution in [3.8, 4) is 0 Å². The normalized spacial score (nSPS) is 13.0. The van der Waals surface area contributed by atoms with Crippen LogP contribution in [-0.4, -0.2) is 0 Å². The van der Waals surface area contributed by atoms with Crippen LogP contribution in [0.5, 0.6) is 0 Å². The average molecular weight is 816 g/mol. The van der Waals surface area contributed by atoms with E-state index in [0.717, 1.165) is 30.1 Å². The first kappa shape index (κ1) is 35.1. The molecule has 0 heterocycles. The molecule has 5 aromatic carbocycles. The van der Waals surface area contributed by atoms with E-state index in [1.807, 2.05) is 57.2 Å². The molecule has 0 atom stereocenters. The third-order valence-electron chi connectivity index (χ3n) is 6.61. The molecule has 0 fully saturated rings. The van der Waals surface area contributed by atoms with Crippen molar-refractivity contribution in [2.45, 2.75) is 45.2 Å². The van der Waals surface area contributed by atoms with Gasteiger partial charge in [0.25, 0.3) is 0 Å². The SMILES string of the molecule is Cc1cc(C)c(I(O[Cl+3]([O-])([O-])[O-])c2ccc(Sc3ccc(S(O[Cl+3]([O-])([O-])[O-])(c4ccccc4)c4ccccc4)cc3)cc2)c(C)c1. The monoisotopic (exact) mass is 814 g/mol. The second-order valence-electron chi connectivity index (χ2n) is 10.0. The number of hydrogen-bond donors (Lipinski definition) is 0. The van der Waals surface area contributed by atoms with Crippen LogP contribution in [0.2, 0.25) is 0 Å². The number of aryl methyl sites for hydroxylation is 3. The summed E-state index contributed by atoms with van der Waals surface area (Å²) in [5, 5.41) is 0. The molecule has 0 radical (unpaired) electrons. The van der Waals surface area contributed by atoms with Gasteiger partial charge in [-0.3, -0.25) is 0 Å². The van der Waals surface area contributed by atoms with E-state index in [1.165, 1.54) is 11.8 Å². The summed E-state index contributed by atoms with van der Waals surface area (Å²) in [5.41, 5.74) is 2.78. The van der Waals surface area contributed by atoms with Crippen LogP contribution < -0.4 is 28.0 Å². The van der Waals surface area contributed by atoms with Crippen LogP contribution >= 0.6 is 42.3 Å². The molecular weight excluding hydrogens is 786 g/mol. The molecule has 8 nitrogen and oxygen atoms in total. The molecule has 242 valence electrons. The fourth-order valence-electron chi connectivity index (χ4n) is 4.99. The maximum atomic E-state index is 12.1. The maximum absolute atomic E-state index is 12.1. The van der Waals surface area contributed by atoms with E-state index in [2.05, 4.69) is 0 Å². The van der Waals surface area contributed by atoms with E-state index in [0.29, 0.717) is 18.3 Å². The van der Waals surface area contributed by atoms with Crippen molar-refractivity contribution in [3.63, 3.8) is 0 Å². The van der Waals surface area contributed by atoms with Gasteiger partial charge in [-0.2, -0.15) is 14.0 Å². The van der Waals surface area contributed by atoms with Gasteiger partial charge in [0.15, 0.2) is 0 Å². The van der Waals surface area contributed by atoms with Crippen molar-refractivity contribution in [1.29, 1.82) is 0 Å². The minimum atomic E-state index is -4.80. The average Bonchev–Trinajstić information content (AvgIpc) is 3.00. The Morgan fingerprint density at radius 1 is 0.565 bits per heavy atom. The molecule has 0 aliphatic heterocycles. The molecule has 0 bridgehead atoms. The summed E-state index contributed by atoms with van der Waals surface area (Å²) in [7, 11) is -12.4. The van der Waals surface area contributed by atoms with Crippen LogP contribution in [0.15, 0.2) is 146 Å². The molecule has 0 saturated carbocycles. The summed E-state index contributed by atoms with van der Waals surface area (Å²) in [5.74, 6) is 0. The van der Waals surface area contributed by atoms with Crippen molar-refractivity contribution in [2.24, 2.45) is 0 Å². The summed E-state index contributed by atoms with van der Waals surface area (Å²) in [6, 6.07) is 35.9. The standard InChI is InChI=1S/C33H29Cl2IO8S2/c1-24-22-25(2)33(26(3)23-24)36(43-34(37,38)39)27-14-16-28(17-15-27)45-29-18-20-32(21-19-29)46(44-35(40,41)42,30-10-6-4-7-11-30)31-12-8-5-9-13-31/h4-23H,1-3H3. The Balaban J connectivity index is 1.47. The molecule has 0 aliphatic rings. The van der Waals surface area contributed by atoms with Crippen molar-refractivity contribution in [1.82, 2.24) is 0 Å². The van der Waals surface area contributed by atoms with Gasteiger partial charge in [-0.25, -0.2) is 0 Å². The summed E-state index contributed by atoms with van der Waals surface area (Å²) < 4.78 is 83.6. The Morgan fingerprint density at radius 2 is 1.00 bits per heavy atom. The zero-order valence-corrected chi connectivity index (χ0v) is 30.1. The molecule has 13 heteroatoms. The van der Waals surface area contributed by atoms with E-state index in [4.69, 9.17) is 6.35 Å². The van der Waals surface area contributed by atoms with Crippen molar-refractivity contribution < 1.29 is 54.8 Å². The van der Waals surface area contributed by atoms with E-state index in [9.17, 15) is 28.0 Å². The van der Waals surface area contributed by atoms with E-state index >= 15 is 0 Å². The first-order valence-electron chi connectivity index (χ1n) is 13.6. The number of halogens is 3. The number of rotatable bonds is 11. The summed E-state index contributed by atoms with van der Waals surface area (Å²) in [4.78, 5) is 3.28. The molecule has 0 aliphatic carbocycles. The fraction of sp³-hybridized carbons (Fsp3) is 0.0909. The molecule has 46 heavy (non-hydrogen) atoms. The Hall–Kier alpha value is -2.21. The van der Waals surface area contributed by atoms with Crippen LogP contribution in [0.25, 0.3) is 0 Å². The Kier molecular flexibility index (Phi) is 11.1. The molecule has 0 saturated heterocycles. The molecule has 0 spiro atoms. The third kappa shape index (κ3) is 8.44. The number of hydrogen-bond acceptors (Lipinski definition) is 9.